The van der Waals surface area contributed by atoms with Crippen molar-refractivity contribution in [2.24, 2.45) is 5.92 Å². The molecule has 2 N–H and O–H groups in total. The molecule has 0 aromatic heterocycles. The third-order valence-electron chi connectivity index (χ3n) is 4.67. The smallest absolute Gasteiger partial charge is 0.0313 e. The van der Waals surface area contributed by atoms with Crippen molar-refractivity contribution >= 4 is 5.69 Å². The second-order valence-corrected chi connectivity index (χ2v) is 6.63. The number of nitrogens with two attached hydrogens (primary N) is 1. The Kier molecular flexibility index (Phi) is 7.87. The summed E-state index contributed by atoms with van der Waals surface area (Å²) in [6, 6.07) is 16.7. The van der Waals surface area contributed by atoms with Gasteiger partial charge in [0.1, 0.15) is 0 Å². The molecule has 1 fully saturated rings. The lowest BCUT2D eigenvalue weighted by atomic mass is 9.88. The Bertz CT molecular complexity index is 441. The zero-order chi connectivity index (χ0) is 15.5. The highest BCUT2D eigenvalue weighted by Gasteiger charge is 2.10. The molecule has 0 spiro atoms. The molecule has 0 unspecified atom stereocenters. The lowest BCUT2D eigenvalue weighted by Crippen LogP contribution is -2.06. The van der Waals surface area contributed by atoms with Crippen LogP contribution in [0.25, 0.3) is 0 Å². The standard InChI is InChI=1S/C21H31N/c22-21-16-10-8-14-20(15-9-11-17-21)18-19-12-6-4-2-1-3-5-7-13-19/h8-11,14-17,19H,1-7,12-13,18,22H2. The molecule has 0 radical (unpaired) electrons. The maximum absolute atomic E-state index is 5.84. The molecule has 1 aromatic carbocycles. The van der Waals surface area contributed by atoms with Gasteiger partial charge in [-0.2, -0.15) is 0 Å². The van der Waals surface area contributed by atoms with E-state index in [-0.39, 0.29) is 0 Å². The van der Waals surface area contributed by atoms with Gasteiger partial charge in [-0.15, -0.1) is 0 Å². The van der Waals surface area contributed by atoms with Crippen LogP contribution in [0.5, 0.6) is 0 Å². The van der Waals surface area contributed by atoms with Gasteiger partial charge in [0.15, 0.2) is 0 Å². The summed E-state index contributed by atoms with van der Waals surface area (Å²) >= 11 is 0. The zero-order valence-corrected chi connectivity index (χ0v) is 13.8. The maximum Gasteiger partial charge on any atom is 0.0313 e. The molecular formula is C21H31N. The molecular weight excluding hydrogens is 266 g/mol. The van der Waals surface area contributed by atoms with Crippen molar-refractivity contribution in [1.29, 1.82) is 0 Å². The number of anilines is 1. The van der Waals surface area contributed by atoms with Crippen molar-refractivity contribution in [3.63, 3.8) is 0 Å². The van der Waals surface area contributed by atoms with Crippen molar-refractivity contribution in [3.8, 4) is 0 Å². The first-order valence-corrected chi connectivity index (χ1v) is 9.02. The Morgan fingerprint density at radius 3 is 1.68 bits per heavy atom. The van der Waals surface area contributed by atoms with Gasteiger partial charge in [-0.3, -0.25) is 0 Å². The molecule has 0 aliphatic heterocycles. The van der Waals surface area contributed by atoms with Gasteiger partial charge in [-0.05, 0) is 30.0 Å². The van der Waals surface area contributed by atoms with E-state index in [1.54, 1.807) is 0 Å². The Morgan fingerprint density at radius 1 is 0.682 bits per heavy atom. The van der Waals surface area contributed by atoms with Gasteiger partial charge in [0.25, 0.3) is 0 Å². The molecule has 0 saturated heterocycles. The van der Waals surface area contributed by atoms with Crippen LogP contribution in [0, 0.1) is 5.92 Å². The molecule has 1 saturated carbocycles. The highest BCUT2D eigenvalue weighted by Crippen LogP contribution is 2.24. The van der Waals surface area contributed by atoms with Crippen LogP contribution in [-0.4, -0.2) is 0 Å². The summed E-state index contributed by atoms with van der Waals surface area (Å²) in [4.78, 5) is 0. The summed E-state index contributed by atoms with van der Waals surface area (Å²) in [5.41, 5.74) is 8.07. The van der Waals surface area contributed by atoms with Crippen molar-refractivity contribution in [3.05, 3.63) is 54.1 Å². The van der Waals surface area contributed by atoms with Crippen LogP contribution in [0.15, 0.2) is 48.5 Å². The predicted molar refractivity (Wildman–Crippen MR) is 97.2 cm³/mol. The first-order chi connectivity index (χ1) is 10.8. The van der Waals surface area contributed by atoms with E-state index in [0.717, 1.165) is 11.6 Å². The number of rotatable bonds is 2. The van der Waals surface area contributed by atoms with Crippen LogP contribution < -0.4 is 5.73 Å². The summed E-state index contributed by atoms with van der Waals surface area (Å²) in [6.45, 7) is 0. The number of nitrogen functional groups attached to an aromatic ring is 1. The van der Waals surface area contributed by atoms with Crippen LogP contribution in [0.2, 0.25) is 0 Å². The SMILES string of the molecule is Nc1ccccc(CC2CCCCCCCCC2)cccc1. The van der Waals surface area contributed by atoms with Gasteiger partial charge in [0, 0.05) is 5.69 Å². The third kappa shape index (κ3) is 6.98. The minimum atomic E-state index is 0.796. The largest absolute Gasteiger partial charge is 0.399 e. The van der Waals surface area contributed by atoms with Gasteiger partial charge in [-0.25, -0.2) is 0 Å². The Labute approximate surface area is 136 Å². The number of hydrogen-bond donors (Lipinski definition) is 1. The van der Waals surface area contributed by atoms with E-state index in [0.29, 0.717) is 0 Å². The van der Waals surface area contributed by atoms with Crippen LogP contribution in [0.4, 0.5) is 5.69 Å². The lowest BCUT2D eigenvalue weighted by molar-refractivity contribution is 0.387. The van der Waals surface area contributed by atoms with Crippen LogP contribution in [-0.2, 0) is 6.42 Å². The average molecular weight is 297 g/mol. The molecule has 1 aliphatic rings. The van der Waals surface area contributed by atoms with Gasteiger partial charge in [0.2, 0.25) is 0 Å². The molecule has 0 atom stereocenters. The van der Waals surface area contributed by atoms with E-state index in [9.17, 15) is 0 Å². The maximum atomic E-state index is 5.84. The van der Waals surface area contributed by atoms with Crippen molar-refractivity contribution in [2.75, 3.05) is 5.73 Å². The third-order valence-corrected chi connectivity index (χ3v) is 4.67. The normalized spacial score (nSPS) is 17.5. The minimum Gasteiger partial charge on any atom is -0.399 e. The monoisotopic (exact) mass is 297 g/mol. The Hall–Kier alpha value is -1.50. The molecule has 120 valence electrons. The average Bonchev–Trinajstić information content (AvgIpc) is 2.53. The fourth-order valence-corrected chi connectivity index (χ4v) is 3.37. The van der Waals surface area contributed by atoms with E-state index in [2.05, 4.69) is 24.3 Å². The molecule has 0 bridgehead atoms. The summed E-state index contributed by atoms with van der Waals surface area (Å²) in [5, 5.41) is 0. The Balaban J connectivity index is 2.03. The highest BCUT2D eigenvalue weighted by atomic mass is 14.5. The molecule has 1 nitrogen and oxygen atoms in total. The Morgan fingerprint density at radius 2 is 1.14 bits per heavy atom. The molecule has 0 amide bonds. The van der Waals surface area contributed by atoms with E-state index in [1.165, 1.54) is 69.8 Å². The molecule has 2 rings (SSSR count). The molecule has 1 aromatic rings. The first-order valence-electron chi connectivity index (χ1n) is 9.02. The van der Waals surface area contributed by atoms with Crippen molar-refractivity contribution in [1.82, 2.24) is 0 Å². The molecule has 0 heterocycles. The topological polar surface area (TPSA) is 26.0 Å². The van der Waals surface area contributed by atoms with Crippen LogP contribution in [0.3, 0.4) is 0 Å². The number of hydrogen-bond acceptors (Lipinski definition) is 1. The van der Waals surface area contributed by atoms with E-state index >= 15 is 0 Å². The molecule has 1 heteroatoms. The van der Waals surface area contributed by atoms with Gasteiger partial charge >= 0.3 is 0 Å². The van der Waals surface area contributed by atoms with Crippen LogP contribution >= 0.6 is 0 Å². The first kappa shape index (κ1) is 16.9. The lowest BCUT2D eigenvalue weighted by Gasteiger charge is -2.18. The van der Waals surface area contributed by atoms with Crippen LogP contribution in [0.1, 0.15) is 63.4 Å². The van der Waals surface area contributed by atoms with Gasteiger partial charge in [0.05, 0.1) is 0 Å². The molecule has 1 aliphatic carbocycles. The highest BCUT2D eigenvalue weighted by molar-refractivity contribution is 5.34. The second kappa shape index (κ2) is 10.3. The van der Waals surface area contributed by atoms with E-state index in [1.807, 2.05) is 24.3 Å². The van der Waals surface area contributed by atoms with E-state index < -0.39 is 0 Å². The summed E-state index contributed by atoms with van der Waals surface area (Å²) in [6.07, 6.45) is 14.0. The van der Waals surface area contributed by atoms with Crippen molar-refractivity contribution in [2.45, 2.75) is 64.2 Å². The fourth-order valence-electron chi connectivity index (χ4n) is 3.37. The van der Waals surface area contributed by atoms with Gasteiger partial charge < -0.3 is 5.73 Å². The zero-order valence-electron chi connectivity index (χ0n) is 13.8. The van der Waals surface area contributed by atoms with Crippen molar-refractivity contribution < 1.29 is 0 Å². The van der Waals surface area contributed by atoms with Gasteiger partial charge in [-0.1, -0.05) is 94.2 Å². The minimum absolute atomic E-state index is 0.796. The summed E-state index contributed by atoms with van der Waals surface area (Å²) in [7, 11) is 0. The quantitative estimate of drug-likeness (QED) is 0.703. The summed E-state index contributed by atoms with van der Waals surface area (Å²) < 4.78 is 0. The fraction of sp³-hybridized carbons (Fsp3) is 0.524. The predicted octanol–water partition coefficient (Wildman–Crippen LogP) is 6.08. The van der Waals surface area contributed by atoms with E-state index in [4.69, 9.17) is 5.73 Å². The molecule has 22 heavy (non-hydrogen) atoms. The summed E-state index contributed by atoms with van der Waals surface area (Å²) in [5.74, 6) is 0.856. The second-order valence-electron chi connectivity index (χ2n) is 6.63.